The highest BCUT2D eigenvalue weighted by molar-refractivity contribution is 5.99. The van der Waals surface area contributed by atoms with E-state index >= 15 is 0 Å². The number of hydrogen-bond donors (Lipinski definition) is 4. The largest absolute Gasteiger partial charge is 0.396 e. The predicted octanol–water partition coefficient (Wildman–Crippen LogP) is 4.55. The summed E-state index contributed by atoms with van der Waals surface area (Å²) in [5.41, 5.74) is 8.89. The molecule has 8 nitrogen and oxygen atoms in total. The highest BCUT2D eigenvalue weighted by Gasteiger charge is 2.23. The highest BCUT2D eigenvalue weighted by Crippen LogP contribution is 2.26. The Morgan fingerprint density at radius 2 is 1.81 bits per heavy atom. The van der Waals surface area contributed by atoms with E-state index in [0.29, 0.717) is 35.1 Å². The molecule has 0 aliphatic carbocycles. The van der Waals surface area contributed by atoms with Crippen molar-refractivity contribution < 1.29 is 14.7 Å². The van der Waals surface area contributed by atoms with E-state index in [0.717, 1.165) is 56.4 Å². The van der Waals surface area contributed by atoms with Crippen LogP contribution in [-0.2, 0) is 6.54 Å². The van der Waals surface area contributed by atoms with Crippen LogP contribution in [0.1, 0.15) is 58.4 Å². The van der Waals surface area contributed by atoms with Crippen molar-refractivity contribution in [3.05, 3.63) is 83.6 Å². The number of nitrogens with zero attached hydrogens (tertiary/aromatic N) is 2. The zero-order valence-electron chi connectivity index (χ0n) is 21.0. The van der Waals surface area contributed by atoms with E-state index in [1.165, 1.54) is 6.20 Å². The van der Waals surface area contributed by atoms with Gasteiger partial charge in [-0.15, -0.1) is 0 Å². The van der Waals surface area contributed by atoms with E-state index in [-0.39, 0.29) is 12.5 Å². The van der Waals surface area contributed by atoms with Crippen LogP contribution in [0.15, 0.2) is 66.9 Å². The normalized spacial score (nSPS) is 13.8. The number of amides is 2. The Labute approximate surface area is 217 Å². The third-order valence-electron chi connectivity index (χ3n) is 6.80. The van der Waals surface area contributed by atoms with Gasteiger partial charge in [0.05, 0.1) is 11.3 Å². The molecule has 4 rings (SSSR count). The van der Waals surface area contributed by atoms with Crippen molar-refractivity contribution >= 4 is 29.0 Å². The van der Waals surface area contributed by atoms with Gasteiger partial charge in [0.1, 0.15) is 5.82 Å². The van der Waals surface area contributed by atoms with Gasteiger partial charge in [0.2, 0.25) is 0 Å². The number of carbonyl (C=O) groups is 2. The molecule has 2 aromatic carbocycles. The van der Waals surface area contributed by atoms with Crippen LogP contribution in [0.4, 0.5) is 17.2 Å². The Kier molecular flexibility index (Phi) is 9.10. The molecule has 0 radical (unpaired) electrons. The SMILES string of the molecule is NC(=O)c1cnc(Nc2cccc(C(=O)N3CCC(CCCCO)CC3)c2)cc1NCc1ccccc1. The molecule has 1 fully saturated rings. The summed E-state index contributed by atoms with van der Waals surface area (Å²) in [7, 11) is 0. The molecule has 2 amide bonds. The third-order valence-corrected chi connectivity index (χ3v) is 6.80. The lowest BCUT2D eigenvalue weighted by Crippen LogP contribution is -2.38. The van der Waals surface area contributed by atoms with Crippen molar-refractivity contribution in [2.24, 2.45) is 11.7 Å². The van der Waals surface area contributed by atoms with Crippen LogP contribution < -0.4 is 16.4 Å². The van der Waals surface area contributed by atoms with Crippen molar-refractivity contribution in [2.75, 3.05) is 30.3 Å². The maximum atomic E-state index is 13.2. The van der Waals surface area contributed by atoms with Crippen LogP contribution in [0.2, 0.25) is 0 Å². The summed E-state index contributed by atoms with van der Waals surface area (Å²) in [5, 5.41) is 15.5. The van der Waals surface area contributed by atoms with Crippen LogP contribution >= 0.6 is 0 Å². The topological polar surface area (TPSA) is 121 Å². The summed E-state index contributed by atoms with van der Waals surface area (Å²) in [6.07, 6.45) is 6.47. The summed E-state index contributed by atoms with van der Waals surface area (Å²) >= 11 is 0. The smallest absolute Gasteiger partial charge is 0.253 e. The second-order valence-electron chi connectivity index (χ2n) is 9.48. The average molecular weight is 502 g/mol. The van der Waals surface area contributed by atoms with E-state index in [4.69, 9.17) is 10.8 Å². The number of piperidine rings is 1. The molecule has 3 aromatic rings. The molecule has 0 atom stereocenters. The fourth-order valence-corrected chi connectivity index (χ4v) is 4.69. The number of hydrogen-bond acceptors (Lipinski definition) is 6. The van der Waals surface area contributed by atoms with E-state index in [1.807, 2.05) is 59.5 Å². The number of unbranched alkanes of at least 4 members (excludes halogenated alkanes) is 1. The van der Waals surface area contributed by atoms with Gasteiger partial charge in [-0.3, -0.25) is 9.59 Å². The lowest BCUT2D eigenvalue weighted by molar-refractivity contribution is 0.0685. The van der Waals surface area contributed by atoms with Gasteiger partial charge < -0.3 is 26.4 Å². The predicted molar refractivity (Wildman–Crippen MR) is 146 cm³/mol. The molecule has 8 heteroatoms. The number of anilines is 3. The van der Waals surface area contributed by atoms with Crippen LogP contribution in [0.5, 0.6) is 0 Å². The standard InChI is InChI=1S/C29H35N5O3/c30-28(36)25-20-32-27(18-26(25)31-19-22-8-2-1-3-9-22)33-24-11-6-10-23(17-24)29(37)34-14-12-21(13-15-34)7-4-5-16-35/h1-3,6,8-11,17-18,20-21,35H,4-5,7,12-16,19H2,(H2,30,36)(H2,31,32,33). The van der Waals surface area contributed by atoms with Crippen molar-refractivity contribution in [2.45, 2.75) is 38.6 Å². The van der Waals surface area contributed by atoms with Crippen molar-refractivity contribution in [1.82, 2.24) is 9.88 Å². The summed E-state index contributed by atoms with van der Waals surface area (Å²) in [4.78, 5) is 31.4. The Hall–Kier alpha value is -3.91. The number of aromatic nitrogens is 1. The molecule has 2 heterocycles. The summed E-state index contributed by atoms with van der Waals surface area (Å²) in [5.74, 6) is 0.635. The maximum absolute atomic E-state index is 13.2. The molecule has 1 aliphatic rings. The highest BCUT2D eigenvalue weighted by atomic mass is 16.3. The average Bonchev–Trinajstić information content (AvgIpc) is 2.93. The molecular formula is C29H35N5O3. The zero-order chi connectivity index (χ0) is 26.0. The molecule has 1 aromatic heterocycles. The molecule has 1 aliphatic heterocycles. The number of nitrogens with one attached hydrogen (secondary N) is 2. The minimum absolute atomic E-state index is 0.0275. The van der Waals surface area contributed by atoms with Crippen LogP contribution in [0, 0.1) is 5.92 Å². The first kappa shape index (κ1) is 26.2. The Balaban J connectivity index is 1.40. The third kappa shape index (κ3) is 7.30. The van der Waals surface area contributed by atoms with E-state index < -0.39 is 5.91 Å². The number of rotatable bonds is 11. The van der Waals surface area contributed by atoms with Gasteiger partial charge in [-0.25, -0.2) is 4.98 Å². The summed E-state index contributed by atoms with van der Waals surface area (Å²) < 4.78 is 0. The number of nitrogens with two attached hydrogens (primary N) is 1. The lowest BCUT2D eigenvalue weighted by Gasteiger charge is -2.32. The first-order valence-corrected chi connectivity index (χ1v) is 12.9. The number of aliphatic hydroxyl groups is 1. The second kappa shape index (κ2) is 12.9. The van der Waals surface area contributed by atoms with Crippen molar-refractivity contribution in [3.63, 3.8) is 0 Å². The molecule has 0 bridgehead atoms. The number of pyridine rings is 1. The van der Waals surface area contributed by atoms with Gasteiger partial charge in [0.25, 0.3) is 11.8 Å². The monoisotopic (exact) mass is 501 g/mol. The quantitative estimate of drug-likeness (QED) is 0.286. The maximum Gasteiger partial charge on any atom is 0.253 e. The number of aliphatic hydroxyl groups excluding tert-OH is 1. The second-order valence-corrected chi connectivity index (χ2v) is 9.48. The van der Waals surface area contributed by atoms with Gasteiger partial charge in [-0.05, 0) is 48.9 Å². The number of likely N-dealkylation sites (tertiary alicyclic amines) is 1. The summed E-state index contributed by atoms with van der Waals surface area (Å²) in [6.45, 7) is 2.30. The lowest BCUT2D eigenvalue weighted by atomic mass is 9.91. The Morgan fingerprint density at radius 3 is 2.54 bits per heavy atom. The summed E-state index contributed by atoms with van der Waals surface area (Å²) in [6, 6.07) is 19.0. The molecule has 1 saturated heterocycles. The minimum Gasteiger partial charge on any atom is -0.396 e. The molecule has 0 spiro atoms. The molecule has 0 saturated carbocycles. The number of primary amides is 1. The Morgan fingerprint density at radius 1 is 1.03 bits per heavy atom. The van der Waals surface area contributed by atoms with Gasteiger partial charge in [-0.1, -0.05) is 49.2 Å². The molecular weight excluding hydrogens is 466 g/mol. The first-order chi connectivity index (χ1) is 18.0. The Bertz CT molecular complexity index is 1190. The molecule has 0 unspecified atom stereocenters. The molecule has 5 N–H and O–H groups in total. The zero-order valence-corrected chi connectivity index (χ0v) is 21.0. The van der Waals surface area contributed by atoms with Crippen LogP contribution in [0.25, 0.3) is 0 Å². The van der Waals surface area contributed by atoms with Crippen LogP contribution in [-0.4, -0.2) is 46.5 Å². The van der Waals surface area contributed by atoms with Gasteiger partial charge >= 0.3 is 0 Å². The van der Waals surface area contributed by atoms with Crippen molar-refractivity contribution in [1.29, 1.82) is 0 Å². The minimum atomic E-state index is -0.556. The first-order valence-electron chi connectivity index (χ1n) is 12.9. The van der Waals surface area contributed by atoms with E-state index in [2.05, 4.69) is 15.6 Å². The number of carbonyl (C=O) groups excluding carboxylic acids is 2. The number of benzene rings is 2. The van der Waals surface area contributed by atoms with Gasteiger partial charge in [0.15, 0.2) is 0 Å². The van der Waals surface area contributed by atoms with Gasteiger partial charge in [0, 0.05) is 49.8 Å². The molecule has 37 heavy (non-hydrogen) atoms. The molecule has 194 valence electrons. The van der Waals surface area contributed by atoms with Crippen molar-refractivity contribution in [3.8, 4) is 0 Å². The van der Waals surface area contributed by atoms with E-state index in [1.54, 1.807) is 6.07 Å². The fraction of sp³-hybridized carbons (Fsp3) is 0.345. The van der Waals surface area contributed by atoms with E-state index in [9.17, 15) is 9.59 Å². The van der Waals surface area contributed by atoms with Crippen LogP contribution in [0.3, 0.4) is 0 Å². The van der Waals surface area contributed by atoms with Gasteiger partial charge in [-0.2, -0.15) is 0 Å². The fourth-order valence-electron chi connectivity index (χ4n) is 4.69.